The molecular formula is C17H17Cl2NO4. The molecule has 24 heavy (non-hydrogen) atoms. The summed E-state index contributed by atoms with van der Waals surface area (Å²) in [6.07, 6.45) is 7.84. The van der Waals surface area contributed by atoms with E-state index >= 15 is 0 Å². The zero-order valence-corrected chi connectivity index (χ0v) is 14.8. The third kappa shape index (κ3) is 3.16. The molecule has 2 aliphatic rings. The van der Waals surface area contributed by atoms with Crippen LogP contribution in [0.25, 0.3) is 0 Å². The molecule has 0 heterocycles. The van der Waals surface area contributed by atoms with E-state index in [1.54, 1.807) is 7.11 Å². The summed E-state index contributed by atoms with van der Waals surface area (Å²) in [6.45, 7) is 2.19. The first-order chi connectivity index (χ1) is 11.4. The highest BCUT2D eigenvalue weighted by molar-refractivity contribution is 6.37. The van der Waals surface area contributed by atoms with Gasteiger partial charge in [0.1, 0.15) is 5.76 Å². The normalized spacial score (nSPS) is 24.4. The van der Waals surface area contributed by atoms with Gasteiger partial charge in [0, 0.05) is 19.2 Å². The van der Waals surface area contributed by atoms with Crippen LogP contribution < -0.4 is 4.74 Å². The molecule has 2 atom stereocenters. The van der Waals surface area contributed by atoms with Crippen LogP contribution in [0.3, 0.4) is 0 Å². The molecule has 0 saturated heterocycles. The molecule has 7 heteroatoms. The molecule has 128 valence electrons. The zero-order chi connectivity index (χ0) is 17.5. The van der Waals surface area contributed by atoms with Crippen LogP contribution in [-0.2, 0) is 4.74 Å². The van der Waals surface area contributed by atoms with Gasteiger partial charge in [0.15, 0.2) is 5.75 Å². The second kappa shape index (κ2) is 6.39. The van der Waals surface area contributed by atoms with Crippen LogP contribution in [-0.4, -0.2) is 18.1 Å². The number of hydrogen-bond acceptors (Lipinski definition) is 4. The quantitative estimate of drug-likeness (QED) is 0.530. The molecule has 0 spiro atoms. The van der Waals surface area contributed by atoms with E-state index in [0.717, 1.165) is 12.8 Å². The lowest BCUT2D eigenvalue weighted by atomic mass is 9.81. The van der Waals surface area contributed by atoms with E-state index in [1.165, 1.54) is 12.1 Å². The summed E-state index contributed by atoms with van der Waals surface area (Å²) < 4.78 is 11.6. The first kappa shape index (κ1) is 17.3. The predicted molar refractivity (Wildman–Crippen MR) is 92.6 cm³/mol. The average Bonchev–Trinajstić information content (AvgIpc) is 3.28. The Morgan fingerprint density at radius 3 is 2.42 bits per heavy atom. The molecule has 0 bridgehead atoms. The third-order valence-corrected chi connectivity index (χ3v) is 5.23. The number of methoxy groups -OCH3 is 1. The van der Waals surface area contributed by atoms with Crippen molar-refractivity contribution >= 4 is 28.9 Å². The van der Waals surface area contributed by atoms with Gasteiger partial charge in [-0.3, -0.25) is 10.1 Å². The van der Waals surface area contributed by atoms with Gasteiger partial charge in [0.25, 0.3) is 5.69 Å². The number of nitro benzene ring substituents is 1. The average molecular weight is 370 g/mol. The van der Waals surface area contributed by atoms with Crippen molar-refractivity contribution in [2.45, 2.75) is 25.9 Å². The summed E-state index contributed by atoms with van der Waals surface area (Å²) in [5.74, 6) is 0.992. The maximum atomic E-state index is 10.9. The van der Waals surface area contributed by atoms with E-state index < -0.39 is 4.92 Å². The van der Waals surface area contributed by atoms with Crippen molar-refractivity contribution in [2.24, 2.45) is 11.3 Å². The topological polar surface area (TPSA) is 61.6 Å². The summed E-state index contributed by atoms with van der Waals surface area (Å²) in [5.41, 5.74) is -0.0628. The molecule has 5 nitrogen and oxygen atoms in total. The first-order valence-electron chi connectivity index (χ1n) is 7.58. The molecule has 0 N–H and O–H groups in total. The molecule has 1 aromatic rings. The second-order valence-electron chi connectivity index (χ2n) is 6.38. The monoisotopic (exact) mass is 369 g/mol. The number of benzene rings is 1. The van der Waals surface area contributed by atoms with Crippen molar-refractivity contribution in [3.63, 3.8) is 0 Å². The first-order valence-corrected chi connectivity index (χ1v) is 8.34. The molecule has 0 radical (unpaired) electrons. The number of allylic oxidation sites excluding steroid dienone is 2. The number of halogens is 2. The Balaban J connectivity index is 1.94. The smallest absolute Gasteiger partial charge is 0.272 e. The number of nitrogens with zero attached hydrogens (tertiary/aromatic N) is 1. The van der Waals surface area contributed by atoms with Crippen molar-refractivity contribution in [1.82, 2.24) is 0 Å². The van der Waals surface area contributed by atoms with Crippen LogP contribution in [0.5, 0.6) is 5.75 Å². The van der Waals surface area contributed by atoms with Crippen molar-refractivity contribution in [3.8, 4) is 5.75 Å². The van der Waals surface area contributed by atoms with E-state index in [-0.39, 0.29) is 38.9 Å². The van der Waals surface area contributed by atoms with Crippen LogP contribution in [0.4, 0.5) is 5.69 Å². The molecule has 0 amide bonds. The molecule has 0 aliphatic heterocycles. The van der Waals surface area contributed by atoms with E-state index in [2.05, 4.69) is 6.92 Å². The Hall–Kier alpha value is -1.56. The SMILES string of the molecule is COC1C=CC=C(Oc2c(Cl)cc([N+](=O)[O-])cc2Cl)C1C1(C)CC1. The van der Waals surface area contributed by atoms with Gasteiger partial charge in [-0.2, -0.15) is 0 Å². The highest BCUT2D eigenvalue weighted by atomic mass is 35.5. The lowest BCUT2D eigenvalue weighted by Crippen LogP contribution is -2.33. The van der Waals surface area contributed by atoms with Gasteiger partial charge in [-0.15, -0.1) is 0 Å². The molecule has 3 rings (SSSR count). The Bertz CT molecular complexity index is 717. The number of non-ortho nitro benzene ring substituents is 1. The molecule has 1 aromatic carbocycles. The molecular weight excluding hydrogens is 353 g/mol. The number of ether oxygens (including phenoxy) is 2. The van der Waals surface area contributed by atoms with Crippen molar-refractivity contribution in [2.75, 3.05) is 7.11 Å². The van der Waals surface area contributed by atoms with E-state index in [1.807, 2.05) is 18.2 Å². The van der Waals surface area contributed by atoms with Crippen LogP contribution in [0.2, 0.25) is 10.0 Å². The van der Waals surface area contributed by atoms with Gasteiger partial charge in [-0.25, -0.2) is 0 Å². The lowest BCUT2D eigenvalue weighted by molar-refractivity contribution is -0.384. The summed E-state index contributed by atoms with van der Waals surface area (Å²) >= 11 is 12.3. The highest BCUT2D eigenvalue weighted by Crippen LogP contribution is 2.57. The maximum Gasteiger partial charge on any atom is 0.272 e. The number of nitro groups is 1. The summed E-state index contributed by atoms with van der Waals surface area (Å²) in [6, 6.07) is 2.48. The molecule has 2 unspecified atom stereocenters. The second-order valence-corrected chi connectivity index (χ2v) is 7.20. The molecule has 1 fully saturated rings. The van der Waals surface area contributed by atoms with E-state index in [9.17, 15) is 10.1 Å². The summed E-state index contributed by atoms with van der Waals surface area (Å²) in [5, 5.41) is 11.1. The van der Waals surface area contributed by atoms with Gasteiger partial charge >= 0.3 is 0 Å². The van der Waals surface area contributed by atoms with Gasteiger partial charge in [0.05, 0.1) is 27.0 Å². The van der Waals surface area contributed by atoms with Crippen molar-refractivity contribution in [3.05, 3.63) is 56.3 Å². The Kier molecular flexibility index (Phi) is 4.60. The fourth-order valence-electron chi connectivity index (χ4n) is 3.06. The fraction of sp³-hybridized carbons (Fsp3) is 0.412. The van der Waals surface area contributed by atoms with Crippen molar-refractivity contribution < 1.29 is 14.4 Å². The minimum absolute atomic E-state index is 0.0508. The van der Waals surface area contributed by atoms with Gasteiger partial charge in [-0.05, 0) is 24.3 Å². The van der Waals surface area contributed by atoms with E-state index in [0.29, 0.717) is 5.76 Å². The Labute approximate surface area is 150 Å². The summed E-state index contributed by atoms with van der Waals surface area (Å²) in [7, 11) is 1.67. The maximum absolute atomic E-state index is 10.9. The van der Waals surface area contributed by atoms with Crippen LogP contribution in [0.1, 0.15) is 19.8 Å². The number of rotatable bonds is 5. The summed E-state index contributed by atoms with van der Waals surface area (Å²) in [4.78, 5) is 10.3. The lowest BCUT2D eigenvalue weighted by Gasteiger charge is -2.33. The van der Waals surface area contributed by atoms with Gasteiger partial charge < -0.3 is 9.47 Å². The van der Waals surface area contributed by atoms with E-state index in [4.69, 9.17) is 32.7 Å². The Morgan fingerprint density at radius 1 is 1.29 bits per heavy atom. The van der Waals surface area contributed by atoms with Gasteiger partial charge in [0.2, 0.25) is 0 Å². The van der Waals surface area contributed by atoms with Crippen molar-refractivity contribution in [1.29, 1.82) is 0 Å². The van der Waals surface area contributed by atoms with Crippen LogP contribution in [0, 0.1) is 21.4 Å². The highest BCUT2D eigenvalue weighted by Gasteiger charge is 2.51. The van der Waals surface area contributed by atoms with Crippen LogP contribution >= 0.6 is 23.2 Å². The molecule has 2 aliphatic carbocycles. The standard InChI is InChI=1S/C17H17Cl2NO4/c1-17(6-7-17)15-13(23-2)4-3-5-14(15)24-16-11(18)8-10(20(21)22)9-12(16)19/h3-5,8-9,13,15H,6-7H2,1-2H3. The third-order valence-electron chi connectivity index (χ3n) is 4.67. The van der Waals surface area contributed by atoms with Gasteiger partial charge in [-0.1, -0.05) is 42.3 Å². The Morgan fingerprint density at radius 2 is 1.92 bits per heavy atom. The zero-order valence-electron chi connectivity index (χ0n) is 13.3. The minimum atomic E-state index is -0.543. The largest absolute Gasteiger partial charge is 0.458 e. The predicted octanol–water partition coefficient (Wildman–Crippen LogP) is 5.17. The number of hydrogen-bond donors (Lipinski definition) is 0. The van der Waals surface area contributed by atoms with Crippen LogP contribution in [0.15, 0.2) is 36.1 Å². The molecule has 0 aromatic heterocycles. The molecule has 1 saturated carbocycles. The fourth-order valence-corrected chi connectivity index (χ4v) is 3.62. The minimum Gasteiger partial charge on any atom is -0.458 e.